The van der Waals surface area contributed by atoms with Crippen LogP contribution in [0.25, 0.3) is 0 Å². The molecule has 0 aromatic carbocycles. The number of amides is 1. The fraction of sp³-hybridized carbons (Fsp3) is 0.943. The molecule has 0 saturated carbocycles. The van der Waals surface area contributed by atoms with Crippen LogP contribution in [0.1, 0.15) is 399 Å². The number of hydrogen-bond donors (Lipinski definition) is 3. The van der Waals surface area contributed by atoms with E-state index in [0.717, 1.165) is 38.5 Å². The summed E-state index contributed by atoms with van der Waals surface area (Å²) in [6.45, 7) is 4.98. The third kappa shape index (κ3) is 61.8. The smallest absolute Gasteiger partial charge is 0.305 e. The Morgan fingerprint density at radius 3 is 0.934 bits per heavy atom. The Bertz CT molecular complexity index is 1140. The standard InChI is InChI=1S/C70H137NO5/c1-3-5-7-9-11-13-15-17-18-19-30-34-37-40-44-48-52-56-60-64-70(75)76-65-61-57-53-49-45-41-38-35-32-29-27-25-23-21-20-22-24-26-28-31-33-36-39-43-47-51-55-59-63-69(74)71-67(66-72)68(73)62-58-54-50-46-42-16-14-12-10-8-6-4-2/h17-18,67-68,72-73H,3-16,19-66H2,1-2H3,(H,71,74)/b18-17-. The molecule has 1 amide bonds. The molecule has 0 fully saturated rings. The summed E-state index contributed by atoms with van der Waals surface area (Å²) in [6.07, 6.45) is 81.2. The van der Waals surface area contributed by atoms with Gasteiger partial charge in [-0.25, -0.2) is 0 Å². The average molecular weight is 1070 g/mol. The Hall–Kier alpha value is -1.40. The van der Waals surface area contributed by atoms with Crippen molar-refractivity contribution < 1.29 is 24.5 Å². The van der Waals surface area contributed by atoms with Gasteiger partial charge in [0.2, 0.25) is 5.91 Å². The molecule has 0 aliphatic rings. The van der Waals surface area contributed by atoms with E-state index >= 15 is 0 Å². The fourth-order valence-corrected chi connectivity index (χ4v) is 11.2. The number of ether oxygens (including phenoxy) is 1. The molecule has 0 rings (SSSR count). The summed E-state index contributed by atoms with van der Waals surface area (Å²) >= 11 is 0. The molecular formula is C70H137NO5. The summed E-state index contributed by atoms with van der Waals surface area (Å²) in [5, 5.41) is 23.3. The monoisotopic (exact) mass is 1070 g/mol. The lowest BCUT2D eigenvalue weighted by Gasteiger charge is -2.22. The van der Waals surface area contributed by atoms with Crippen LogP contribution >= 0.6 is 0 Å². The first-order valence-electron chi connectivity index (χ1n) is 34.9. The predicted molar refractivity (Wildman–Crippen MR) is 333 cm³/mol. The number of aliphatic hydroxyl groups excluding tert-OH is 2. The van der Waals surface area contributed by atoms with E-state index in [4.69, 9.17) is 4.74 Å². The van der Waals surface area contributed by atoms with Crippen molar-refractivity contribution in [2.45, 2.75) is 411 Å². The van der Waals surface area contributed by atoms with Gasteiger partial charge < -0.3 is 20.3 Å². The van der Waals surface area contributed by atoms with Crippen LogP contribution in [0.4, 0.5) is 0 Å². The summed E-state index contributed by atoms with van der Waals surface area (Å²) in [6, 6.07) is -0.537. The molecular weight excluding hydrogens is 935 g/mol. The van der Waals surface area contributed by atoms with Crippen LogP contribution in [0, 0.1) is 0 Å². The summed E-state index contributed by atoms with van der Waals surface area (Å²) < 4.78 is 5.51. The molecule has 0 heterocycles. The van der Waals surface area contributed by atoms with E-state index in [1.54, 1.807) is 0 Å². The molecule has 6 heteroatoms. The molecule has 2 unspecified atom stereocenters. The Kier molecular flexibility index (Phi) is 64.9. The zero-order valence-corrected chi connectivity index (χ0v) is 51.8. The van der Waals surface area contributed by atoms with Crippen molar-refractivity contribution in [1.82, 2.24) is 5.32 Å². The van der Waals surface area contributed by atoms with Gasteiger partial charge in [-0.3, -0.25) is 9.59 Å². The molecule has 6 nitrogen and oxygen atoms in total. The van der Waals surface area contributed by atoms with Crippen molar-refractivity contribution in [3.63, 3.8) is 0 Å². The Labute approximate surface area is 476 Å². The third-order valence-corrected chi connectivity index (χ3v) is 16.6. The van der Waals surface area contributed by atoms with E-state index in [-0.39, 0.29) is 18.5 Å². The van der Waals surface area contributed by atoms with E-state index in [2.05, 4.69) is 31.3 Å². The largest absolute Gasteiger partial charge is 0.466 e. The summed E-state index contributed by atoms with van der Waals surface area (Å²) in [5.74, 6) is -0.0107. The highest BCUT2D eigenvalue weighted by Crippen LogP contribution is 2.19. The maximum absolute atomic E-state index is 12.5. The van der Waals surface area contributed by atoms with E-state index in [1.165, 1.54) is 327 Å². The first-order chi connectivity index (χ1) is 37.5. The number of esters is 1. The lowest BCUT2D eigenvalue weighted by Crippen LogP contribution is -2.45. The predicted octanol–water partition coefficient (Wildman–Crippen LogP) is 22.4. The second-order valence-electron chi connectivity index (χ2n) is 24.2. The molecule has 0 saturated heterocycles. The first kappa shape index (κ1) is 74.6. The van der Waals surface area contributed by atoms with Crippen molar-refractivity contribution in [2.75, 3.05) is 13.2 Å². The number of carbonyl (C=O) groups is 2. The number of allylic oxidation sites excluding steroid dienone is 2. The van der Waals surface area contributed by atoms with Gasteiger partial charge >= 0.3 is 5.97 Å². The normalized spacial score (nSPS) is 12.5. The molecule has 0 bridgehead atoms. The van der Waals surface area contributed by atoms with Crippen molar-refractivity contribution in [3.05, 3.63) is 12.2 Å². The molecule has 3 N–H and O–H groups in total. The Morgan fingerprint density at radius 1 is 0.355 bits per heavy atom. The van der Waals surface area contributed by atoms with Crippen molar-refractivity contribution in [1.29, 1.82) is 0 Å². The average Bonchev–Trinajstić information content (AvgIpc) is 3.42. The summed E-state index contributed by atoms with van der Waals surface area (Å²) in [4.78, 5) is 24.6. The van der Waals surface area contributed by atoms with Crippen molar-refractivity contribution in [2.24, 2.45) is 0 Å². The lowest BCUT2D eigenvalue weighted by atomic mass is 10.0. The minimum Gasteiger partial charge on any atom is -0.466 e. The lowest BCUT2D eigenvalue weighted by molar-refractivity contribution is -0.143. The molecule has 0 aliphatic heterocycles. The SMILES string of the molecule is CCCCCCCC/C=C\CCCCCCCCCCCC(=O)OCCCCCCCCCCCCCCCCCCCCCCCCCCCCCCC(=O)NC(CO)C(O)CCCCCCCCCCCCCC. The Morgan fingerprint density at radius 2 is 0.618 bits per heavy atom. The van der Waals surface area contributed by atoms with Gasteiger partial charge in [-0.1, -0.05) is 347 Å². The van der Waals surface area contributed by atoms with Crippen LogP contribution in [0.15, 0.2) is 12.2 Å². The highest BCUT2D eigenvalue weighted by atomic mass is 16.5. The quantitative estimate of drug-likeness (QED) is 0.0320. The Balaban J connectivity index is 3.30. The van der Waals surface area contributed by atoms with Crippen LogP contribution in [0.5, 0.6) is 0 Å². The molecule has 0 aliphatic carbocycles. The number of hydrogen-bond acceptors (Lipinski definition) is 5. The minimum absolute atomic E-state index is 0.0193. The third-order valence-electron chi connectivity index (χ3n) is 16.6. The van der Waals surface area contributed by atoms with Gasteiger partial charge in [-0.15, -0.1) is 0 Å². The number of nitrogens with one attached hydrogen (secondary N) is 1. The van der Waals surface area contributed by atoms with Crippen molar-refractivity contribution in [3.8, 4) is 0 Å². The maximum Gasteiger partial charge on any atom is 0.305 e. The second-order valence-corrected chi connectivity index (χ2v) is 24.2. The number of unbranched alkanes of at least 4 members (excludes halogenated alkanes) is 53. The molecule has 0 spiro atoms. The molecule has 2 atom stereocenters. The van der Waals surface area contributed by atoms with Crippen LogP contribution in [0.3, 0.4) is 0 Å². The number of aliphatic hydroxyl groups is 2. The molecule has 0 aromatic heterocycles. The van der Waals surface area contributed by atoms with Gasteiger partial charge in [0.1, 0.15) is 0 Å². The molecule has 0 aromatic rings. The van der Waals surface area contributed by atoms with Crippen molar-refractivity contribution >= 4 is 11.9 Å². The van der Waals surface area contributed by atoms with Gasteiger partial charge in [-0.05, 0) is 51.4 Å². The maximum atomic E-state index is 12.5. The van der Waals surface area contributed by atoms with Gasteiger partial charge in [0.25, 0.3) is 0 Å². The summed E-state index contributed by atoms with van der Waals surface area (Å²) in [5.41, 5.74) is 0. The van der Waals surface area contributed by atoms with Gasteiger partial charge in [0, 0.05) is 12.8 Å². The zero-order valence-electron chi connectivity index (χ0n) is 51.8. The molecule has 76 heavy (non-hydrogen) atoms. The highest BCUT2D eigenvalue weighted by molar-refractivity contribution is 5.76. The minimum atomic E-state index is -0.660. The number of carbonyl (C=O) groups excluding carboxylic acids is 2. The van der Waals surface area contributed by atoms with Crippen LogP contribution in [-0.4, -0.2) is 47.4 Å². The van der Waals surface area contributed by atoms with Gasteiger partial charge in [0.05, 0.1) is 25.4 Å². The van der Waals surface area contributed by atoms with Crippen LogP contribution in [0.2, 0.25) is 0 Å². The summed E-state index contributed by atoms with van der Waals surface area (Å²) in [7, 11) is 0. The molecule has 0 radical (unpaired) electrons. The van der Waals surface area contributed by atoms with Gasteiger partial charge in [0.15, 0.2) is 0 Å². The van der Waals surface area contributed by atoms with E-state index in [0.29, 0.717) is 25.9 Å². The number of rotatable bonds is 66. The fourth-order valence-electron chi connectivity index (χ4n) is 11.2. The van der Waals surface area contributed by atoms with Crippen LogP contribution in [-0.2, 0) is 14.3 Å². The molecule has 452 valence electrons. The van der Waals surface area contributed by atoms with Gasteiger partial charge in [-0.2, -0.15) is 0 Å². The van der Waals surface area contributed by atoms with E-state index in [9.17, 15) is 19.8 Å². The second kappa shape index (κ2) is 66.1. The topological polar surface area (TPSA) is 95.9 Å². The van der Waals surface area contributed by atoms with E-state index in [1.807, 2.05) is 0 Å². The van der Waals surface area contributed by atoms with Crippen LogP contribution < -0.4 is 5.32 Å². The first-order valence-corrected chi connectivity index (χ1v) is 34.9. The highest BCUT2D eigenvalue weighted by Gasteiger charge is 2.20. The van der Waals surface area contributed by atoms with E-state index < -0.39 is 12.1 Å². The zero-order chi connectivity index (χ0) is 55.0.